The highest BCUT2D eigenvalue weighted by Gasteiger charge is 2.09. The molecule has 0 aromatic heterocycles. The maximum absolute atomic E-state index is 13.4. The van der Waals surface area contributed by atoms with Crippen LogP contribution in [0.4, 0.5) is 4.39 Å². The molecule has 0 unspecified atom stereocenters. The van der Waals surface area contributed by atoms with Crippen molar-refractivity contribution in [1.82, 2.24) is 0 Å². The Kier molecular flexibility index (Phi) is 4.28. The topological polar surface area (TPSA) is 46.5 Å². The van der Waals surface area contributed by atoms with Gasteiger partial charge in [-0.05, 0) is 24.1 Å². The number of hydrogen-bond donors (Lipinski definition) is 1. The van der Waals surface area contributed by atoms with Gasteiger partial charge in [-0.25, -0.2) is 9.18 Å². The van der Waals surface area contributed by atoms with Gasteiger partial charge < -0.3 is 9.84 Å². The molecule has 1 atom stereocenters. The minimum atomic E-state index is -1.15. The van der Waals surface area contributed by atoms with Crippen molar-refractivity contribution in [3.05, 3.63) is 29.6 Å². The van der Waals surface area contributed by atoms with Crippen LogP contribution in [0.15, 0.2) is 18.2 Å². The van der Waals surface area contributed by atoms with Gasteiger partial charge in [0, 0.05) is 0 Å². The van der Waals surface area contributed by atoms with Crippen molar-refractivity contribution in [3.63, 3.8) is 0 Å². The Morgan fingerprint density at radius 1 is 1.56 bits per heavy atom. The summed E-state index contributed by atoms with van der Waals surface area (Å²) in [6.07, 6.45) is 0.953. The number of halogens is 1. The van der Waals surface area contributed by atoms with Crippen LogP contribution in [0.5, 0.6) is 5.75 Å². The van der Waals surface area contributed by atoms with E-state index in [2.05, 4.69) is 0 Å². The van der Waals surface area contributed by atoms with Crippen LogP contribution >= 0.6 is 0 Å². The zero-order valence-corrected chi connectivity index (χ0v) is 9.37. The number of carboxylic acids is 1. The number of ether oxygens (including phenoxy) is 1. The molecule has 0 fully saturated rings. The summed E-state index contributed by atoms with van der Waals surface area (Å²) in [4.78, 5) is 10.6. The van der Waals surface area contributed by atoms with E-state index in [0.717, 1.165) is 12.5 Å². The highest BCUT2D eigenvalue weighted by atomic mass is 19.1. The molecule has 3 nitrogen and oxygen atoms in total. The lowest BCUT2D eigenvalue weighted by atomic mass is 10.1. The van der Waals surface area contributed by atoms with Crippen molar-refractivity contribution in [2.24, 2.45) is 5.92 Å². The van der Waals surface area contributed by atoms with Gasteiger partial charge in [0.05, 0.1) is 12.2 Å². The summed E-state index contributed by atoms with van der Waals surface area (Å²) in [5.74, 6) is -1.33. The van der Waals surface area contributed by atoms with E-state index in [1.807, 2.05) is 13.8 Å². The first-order valence-corrected chi connectivity index (χ1v) is 5.20. The van der Waals surface area contributed by atoms with Crippen molar-refractivity contribution in [1.29, 1.82) is 0 Å². The van der Waals surface area contributed by atoms with E-state index in [1.54, 1.807) is 0 Å². The summed E-state index contributed by atoms with van der Waals surface area (Å²) in [6, 6.07) is 3.65. The first-order valence-electron chi connectivity index (χ1n) is 5.20. The Labute approximate surface area is 93.9 Å². The third-order valence-electron chi connectivity index (χ3n) is 2.40. The second-order valence-electron chi connectivity index (χ2n) is 3.77. The average molecular weight is 226 g/mol. The fraction of sp³-hybridized carbons (Fsp3) is 0.417. The van der Waals surface area contributed by atoms with Gasteiger partial charge in [0.1, 0.15) is 0 Å². The molecule has 0 aliphatic heterocycles. The van der Waals surface area contributed by atoms with Gasteiger partial charge in [-0.1, -0.05) is 20.3 Å². The molecule has 0 spiro atoms. The normalized spacial score (nSPS) is 12.2. The van der Waals surface area contributed by atoms with Crippen LogP contribution in [0, 0.1) is 11.7 Å². The van der Waals surface area contributed by atoms with Crippen LogP contribution in [-0.2, 0) is 0 Å². The molecule has 0 bridgehead atoms. The number of carbonyl (C=O) groups is 1. The molecule has 1 rings (SSSR count). The van der Waals surface area contributed by atoms with Crippen molar-refractivity contribution in [2.75, 3.05) is 6.61 Å². The Morgan fingerprint density at radius 2 is 2.25 bits per heavy atom. The SMILES string of the molecule is CC[C@@H](C)COc1ccc(C(=O)O)cc1F. The minimum Gasteiger partial charge on any atom is -0.490 e. The second kappa shape index (κ2) is 5.49. The van der Waals surface area contributed by atoms with Crippen LogP contribution in [0.25, 0.3) is 0 Å². The lowest BCUT2D eigenvalue weighted by Crippen LogP contribution is -2.08. The highest BCUT2D eigenvalue weighted by Crippen LogP contribution is 2.19. The second-order valence-corrected chi connectivity index (χ2v) is 3.77. The predicted octanol–water partition coefficient (Wildman–Crippen LogP) is 2.95. The van der Waals surface area contributed by atoms with Gasteiger partial charge in [0.15, 0.2) is 11.6 Å². The van der Waals surface area contributed by atoms with E-state index in [-0.39, 0.29) is 11.3 Å². The zero-order valence-electron chi connectivity index (χ0n) is 9.37. The molecule has 1 aromatic rings. The molecule has 16 heavy (non-hydrogen) atoms. The molecule has 4 heteroatoms. The molecule has 0 heterocycles. The molecule has 0 aliphatic rings. The Bertz CT molecular complexity index is 377. The summed E-state index contributed by atoms with van der Waals surface area (Å²) in [5, 5.41) is 8.65. The maximum Gasteiger partial charge on any atom is 0.335 e. The van der Waals surface area contributed by atoms with Gasteiger partial charge in [0.25, 0.3) is 0 Å². The molecular weight excluding hydrogens is 211 g/mol. The smallest absolute Gasteiger partial charge is 0.335 e. The number of aromatic carboxylic acids is 1. The third kappa shape index (κ3) is 3.22. The van der Waals surface area contributed by atoms with E-state index in [0.29, 0.717) is 12.5 Å². The first-order chi connectivity index (χ1) is 7.54. The Morgan fingerprint density at radius 3 is 2.75 bits per heavy atom. The molecule has 0 saturated heterocycles. The fourth-order valence-electron chi connectivity index (χ4n) is 1.10. The third-order valence-corrected chi connectivity index (χ3v) is 2.40. The number of benzene rings is 1. The summed E-state index contributed by atoms with van der Waals surface area (Å²) >= 11 is 0. The van der Waals surface area contributed by atoms with Gasteiger partial charge in [-0.15, -0.1) is 0 Å². The van der Waals surface area contributed by atoms with Crippen LogP contribution in [0.2, 0.25) is 0 Å². The lowest BCUT2D eigenvalue weighted by Gasteiger charge is -2.11. The zero-order chi connectivity index (χ0) is 12.1. The van der Waals surface area contributed by atoms with E-state index < -0.39 is 11.8 Å². The van der Waals surface area contributed by atoms with E-state index in [9.17, 15) is 9.18 Å². The largest absolute Gasteiger partial charge is 0.490 e. The Balaban J connectivity index is 2.72. The molecule has 0 saturated carbocycles. The van der Waals surface area contributed by atoms with E-state index >= 15 is 0 Å². The molecular formula is C12H15FO3. The quantitative estimate of drug-likeness (QED) is 0.839. The molecule has 0 radical (unpaired) electrons. The highest BCUT2D eigenvalue weighted by molar-refractivity contribution is 5.87. The Hall–Kier alpha value is -1.58. The van der Waals surface area contributed by atoms with Crippen LogP contribution < -0.4 is 4.74 Å². The molecule has 1 N–H and O–H groups in total. The number of rotatable bonds is 5. The molecule has 1 aromatic carbocycles. The number of carboxylic acid groups (broad SMARTS) is 1. The predicted molar refractivity (Wildman–Crippen MR) is 58.3 cm³/mol. The first kappa shape index (κ1) is 12.5. The van der Waals surface area contributed by atoms with Gasteiger partial charge >= 0.3 is 5.97 Å². The fourth-order valence-corrected chi connectivity index (χ4v) is 1.10. The van der Waals surface area contributed by atoms with Crippen LogP contribution in [-0.4, -0.2) is 17.7 Å². The van der Waals surface area contributed by atoms with Crippen molar-refractivity contribution in [2.45, 2.75) is 20.3 Å². The molecule has 88 valence electrons. The van der Waals surface area contributed by atoms with Crippen molar-refractivity contribution < 1.29 is 19.0 Å². The van der Waals surface area contributed by atoms with E-state index in [4.69, 9.17) is 9.84 Å². The number of hydrogen-bond acceptors (Lipinski definition) is 2. The van der Waals surface area contributed by atoms with E-state index in [1.165, 1.54) is 12.1 Å². The van der Waals surface area contributed by atoms with Crippen LogP contribution in [0.3, 0.4) is 0 Å². The van der Waals surface area contributed by atoms with Gasteiger partial charge in [-0.3, -0.25) is 0 Å². The summed E-state index contributed by atoms with van der Waals surface area (Å²) < 4.78 is 18.6. The average Bonchev–Trinajstić information content (AvgIpc) is 2.26. The van der Waals surface area contributed by atoms with Crippen LogP contribution in [0.1, 0.15) is 30.6 Å². The standard InChI is InChI=1S/C12H15FO3/c1-3-8(2)7-16-11-5-4-9(12(14)15)6-10(11)13/h4-6,8H,3,7H2,1-2H3,(H,14,15)/t8-/m1/s1. The summed E-state index contributed by atoms with van der Waals surface area (Å²) in [6.45, 7) is 4.46. The monoisotopic (exact) mass is 226 g/mol. The summed E-state index contributed by atoms with van der Waals surface area (Å²) in [7, 11) is 0. The summed E-state index contributed by atoms with van der Waals surface area (Å²) in [5.41, 5.74) is -0.0756. The van der Waals surface area contributed by atoms with Crippen molar-refractivity contribution in [3.8, 4) is 5.75 Å². The maximum atomic E-state index is 13.4. The molecule has 0 amide bonds. The van der Waals surface area contributed by atoms with Crippen molar-refractivity contribution >= 4 is 5.97 Å². The minimum absolute atomic E-state index is 0.0756. The lowest BCUT2D eigenvalue weighted by molar-refractivity contribution is 0.0696. The van der Waals surface area contributed by atoms with Gasteiger partial charge in [0.2, 0.25) is 0 Å². The van der Waals surface area contributed by atoms with Gasteiger partial charge in [-0.2, -0.15) is 0 Å². The molecule has 0 aliphatic carbocycles.